The van der Waals surface area contributed by atoms with Crippen LogP contribution in [0.25, 0.3) is 0 Å². The molecule has 1 atom stereocenters. The lowest BCUT2D eigenvalue weighted by Gasteiger charge is -2.29. The molecule has 5 nitrogen and oxygen atoms in total. The number of carbonyl (C=O) groups is 1. The molecule has 2 aliphatic heterocycles. The minimum Gasteiger partial charge on any atom is -0.339 e. The fraction of sp³-hybridized carbons (Fsp3) is 0.889. The minimum atomic E-state index is -2.92. The predicted octanol–water partition coefficient (Wildman–Crippen LogP) is -1.00. The molecule has 0 saturated carbocycles. The van der Waals surface area contributed by atoms with Crippen molar-refractivity contribution < 1.29 is 13.2 Å². The van der Waals surface area contributed by atoms with E-state index in [1.807, 2.05) is 0 Å². The van der Waals surface area contributed by atoms with Crippen LogP contribution in [0.4, 0.5) is 0 Å². The molecular formula is C9H16N2O3S. The maximum atomic E-state index is 11.6. The summed E-state index contributed by atoms with van der Waals surface area (Å²) in [5.74, 6) is 0.307. The summed E-state index contributed by atoms with van der Waals surface area (Å²) in [7, 11) is -2.92. The summed E-state index contributed by atoms with van der Waals surface area (Å²) in [6, 6.07) is 0. The number of hydrogen-bond acceptors (Lipinski definition) is 4. The third-order valence-electron chi connectivity index (χ3n) is 3.07. The first-order valence-electron chi connectivity index (χ1n) is 5.30. The molecule has 2 saturated heterocycles. The Morgan fingerprint density at radius 1 is 1.47 bits per heavy atom. The third-order valence-corrected chi connectivity index (χ3v) is 5.33. The van der Waals surface area contributed by atoms with Gasteiger partial charge in [-0.05, 0) is 12.8 Å². The van der Waals surface area contributed by atoms with Crippen LogP contribution in [0.15, 0.2) is 0 Å². The Kier molecular flexibility index (Phi) is 2.97. The zero-order chi connectivity index (χ0) is 10.9. The average Bonchev–Trinajstić information content (AvgIpc) is 2.50. The van der Waals surface area contributed by atoms with Crippen LogP contribution in [0.1, 0.15) is 12.8 Å². The first-order chi connectivity index (χ1) is 7.09. The highest BCUT2D eigenvalue weighted by Gasteiger charge is 2.34. The molecule has 86 valence electrons. The molecule has 2 heterocycles. The number of nitrogens with zero attached hydrogens (tertiary/aromatic N) is 1. The molecule has 0 bridgehead atoms. The Bertz CT molecular complexity index is 352. The van der Waals surface area contributed by atoms with Crippen molar-refractivity contribution in [3.63, 3.8) is 0 Å². The van der Waals surface area contributed by atoms with E-state index in [0.29, 0.717) is 26.1 Å². The normalized spacial score (nSPS) is 30.8. The van der Waals surface area contributed by atoms with Crippen molar-refractivity contribution in [3.05, 3.63) is 0 Å². The van der Waals surface area contributed by atoms with Crippen molar-refractivity contribution in [1.29, 1.82) is 0 Å². The summed E-state index contributed by atoms with van der Waals surface area (Å²) < 4.78 is 23.2. The van der Waals surface area contributed by atoms with Gasteiger partial charge in [0.15, 0.2) is 9.84 Å². The number of sulfone groups is 1. The highest BCUT2D eigenvalue weighted by Crippen LogP contribution is 2.21. The van der Waals surface area contributed by atoms with E-state index >= 15 is 0 Å². The van der Waals surface area contributed by atoms with Crippen LogP contribution in [-0.2, 0) is 14.6 Å². The van der Waals surface area contributed by atoms with Crippen LogP contribution in [0, 0.1) is 0 Å². The van der Waals surface area contributed by atoms with Crippen LogP contribution < -0.4 is 5.32 Å². The van der Waals surface area contributed by atoms with E-state index in [0.717, 1.165) is 13.0 Å². The molecule has 0 aromatic heterocycles. The van der Waals surface area contributed by atoms with Crippen molar-refractivity contribution in [2.24, 2.45) is 0 Å². The molecule has 15 heavy (non-hydrogen) atoms. The van der Waals surface area contributed by atoms with Gasteiger partial charge in [0.25, 0.3) is 0 Å². The first-order valence-corrected chi connectivity index (χ1v) is 7.01. The van der Waals surface area contributed by atoms with Gasteiger partial charge in [0.1, 0.15) is 0 Å². The van der Waals surface area contributed by atoms with Gasteiger partial charge < -0.3 is 10.2 Å². The van der Waals surface area contributed by atoms with Gasteiger partial charge in [-0.1, -0.05) is 0 Å². The fourth-order valence-electron chi connectivity index (χ4n) is 2.15. The zero-order valence-electron chi connectivity index (χ0n) is 8.61. The van der Waals surface area contributed by atoms with Gasteiger partial charge in [0.2, 0.25) is 5.91 Å². The summed E-state index contributed by atoms with van der Waals surface area (Å²) >= 11 is 0. The molecule has 2 fully saturated rings. The lowest BCUT2D eigenvalue weighted by Crippen LogP contribution is -2.50. The van der Waals surface area contributed by atoms with Crippen LogP contribution in [-0.4, -0.2) is 56.4 Å². The van der Waals surface area contributed by atoms with Crippen molar-refractivity contribution in [2.45, 2.75) is 18.1 Å². The van der Waals surface area contributed by atoms with E-state index in [4.69, 9.17) is 0 Å². The molecule has 0 radical (unpaired) electrons. The predicted molar refractivity (Wildman–Crippen MR) is 56.3 cm³/mol. The zero-order valence-corrected chi connectivity index (χ0v) is 9.42. The van der Waals surface area contributed by atoms with Crippen LogP contribution >= 0.6 is 0 Å². The van der Waals surface area contributed by atoms with Crippen molar-refractivity contribution in [3.8, 4) is 0 Å². The van der Waals surface area contributed by atoms with E-state index in [1.54, 1.807) is 4.90 Å². The lowest BCUT2D eigenvalue weighted by molar-refractivity contribution is -0.131. The standard InChI is InChI=1S/C9H16N2O3S/c12-9-6-10-3-4-11(9)7-8-2-1-5-15(8,13)14/h8,10H,1-7H2. The van der Waals surface area contributed by atoms with Crippen LogP contribution in [0.5, 0.6) is 0 Å². The second-order valence-corrected chi connectivity index (χ2v) is 6.55. The molecule has 0 aromatic carbocycles. The highest BCUT2D eigenvalue weighted by atomic mass is 32.2. The molecule has 2 rings (SSSR count). The topological polar surface area (TPSA) is 66.5 Å². The molecule has 0 spiro atoms. The maximum absolute atomic E-state index is 11.6. The Morgan fingerprint density at radius 3 is 2.87 bits per heavy atom. The fourth-order valence-corrected chi connectivity index (χ4v) is 3.98. The van der Waals surface area contributed by atoms with Crippen molar-refractivity contribution in [2.75, 3.05) is 31.9 Å². The smallest absolute Gasteiger partial charge is 0.236 e. The summed E-state index contributed by atoms with van der Waals surface area (Å²) in [5, 5.41) is 2.65. The number of hydrogen-bond donors (Lipinski definition) is 1. The number of carbonyl (C=O) groups excluding carboxylic acids is 1. The largest absolute Gasteiger partial charge is 0.339 e. The summed E-state index contributed by atoms with van der Waals surface area (Å²) in [6.07, 6.45) is 1.45. The summed E-state index contributed by atoms with van der Waals surface area (Å²) in [5.41, 5.74) is 0. The summed E-state index contributed by atoms with van der Waals surface area (Å²) in [6.45, 7) is 2.12. The number of nitrogens with one attached hydrogen (secondary N) is 1. The van der Waals surface area contributed by atoms with Gasteiger partial charge in [-0.15, -0.1) is 0 Å². The Morgan fingerprint density at radius 2 is 2.27 bits per heavy atom. The van der Waals surface area contributed by atoms with E-state index in [1.165, 1.54) is 0 Å². The van der Waals surface area contributed by atoms with Gasteiger partial charge in [0.05, 0.1) is 17.5 Å². The van der Waals surface area contributed by atoms with Gasteiger partial charge >= 0.3 is 0 Å². The SMILES string of the molecule is O=C1CNCCN1CC1CCCS1(=O)=O. The van der Waals surface area contributed by atoms with Gasteiger partial charge in [0, 0.05) is 19.6 Å². The second-order valence-electron chi connectivity index (χ2n) is 4.15. The quantitative estimate of drug-likeness (QED) is 0.663. The van der Waals surface area contributed by atoms with E-state index in [9.17, 15) is 13.2 Å². The number of amides is 1. The van der Waals surface area contributed by atoms with Crippen molar-refractivity contribution in [1.82, 2.24) is 10.2 Å². The molecule has 2 aliphatic rings. The summed E-state index contributed by atoms with van der Waals surface area (Å²) in [4.78, 5) is 13.1. The Labute approximate surface area is 89.7 Å². The third kappa shape index (κ3) is 2.31. The van der Waals surface area contributed by atoms with Gasteiger partial charge in [-0.2, -0.15) is 0 Å². The molecule has 6 heteroatoms. The molecule has 0 aliphatic carbocycles. The maximum Gasteiger partial charge on any atom is 0.236 e. The Hall–Kier alpha value is -0.620. The number of rotatable bonds is 2. The molecule has 0 aromatic rings. The van der Waals surface area contributed by atoms with Gasteiger partial charge in [-0.25, -0.2) is 8.42 Å². The number of piperazine rings is 1. The monoisotopic (exact) mass is 232 g/mol. The average molecular weight is 232 g/mol. The van der Waals surface area contributed by atoms with Crippen LogP contribution in [0.2, 0.25) is 0 Å². The molecule has 1 unspecified atom stereocenters. The van der Waals surface area contributed by atoms with Gasteiger partial charge in [-0.3, -0.25) is 4.79 Å². The van der Waals surface area contributed by atoms with Crippen LogP contribution in [0.3, 0.4) is 0 Å². The minimum absolute atomic E-state index is 0.0170. The molecule has 1 N–H and O–H groups in total. The highest BCUT2D eigenvalue weighted by molar-refractivity contribution is 7.92. The van der Waals surface area contributed by atoms with E-state index in [-0.39, 0.29) is 16.9 Å². The molecule has 1 amide bonds. The second kappa shape index (κ2) is 4.09. The van der Waals surface area contributed by atoms with E-state index < -0.39 is 9.84 Å². The Balaban J connectivity index is 1.99. The first kappa shape index (κ1) is 10.9. The lowest BCUT2D eigenvalue weighted by atomic mass is 10.2. The molecular weight excluding hydrogens is 216 g/mol. The van der Waals surface area contributed by atoms with Crippen molar-refractivity contribution >= 4 is 15.7 Å². The van der Waals surface area contributed by atoms with E-state index in [2.05, 4.69) is 5.32 Å².